The van der Waals surface area contributed by atoms with E-state index in [9.17, 15) is 0 Å². The largest absolute Gasteiger partial charge is 0.496 e. The van der Waals surface area contributed by atoms with Crippen LogP contribution >= 0.6 is 11.8 Å². The van der Waals surface area contributed by atoms with E-state index >= 15 is 0 Å². The fraction of sp³-hybridized carbons (Fsp3) is 0.556. The number of hydrogen-bond acceptors (Lipinski definition) is 7. The summed E-state index contributed by atoms with van der Waals surface area (Å²) >= 11 is 1.57. The van der Waals surface area contributed by atoms with Crippen molar-refractivity contribution in [2.75, 3.05) is 45.8 Å². The number of benzene rings is 1. The normalized spacial score (nSPS) is 15.3. The molecular formula is C18H27N5O2S. The molecule has 0 bridgehead atoms. The van der Waals surface area contributed by atoms with E-state index < -0.39 is 0 Å². The smallest absolute Gasteiger partial charge is 0.210 e. The lowest BCUT2D eigenvalue weighted by atomic mass is 10.1. The van der Waals surface area contributed by atoms with Gasteiger partial charge in [-0.1, -0.05) is 23.9 Å². The highest BCUT2D eigenvalue weighted by Gasteiger charge is 2.12. The van der Waals surface area contributed by atoms with Gasteiger partial charge in [-0.05, 0) is 37.9 Å². The minimum Gasteiger partial charge on any atom is -0.496 e. The molecule has 142 valence electrons. The Labute approximate surface area is 158 Å². The summed E-state index contributed by atoms with van der Waals surface area (Å²) in [5, 5.41) is 8.81. The number of ether oxygens (including phenoxy) is 2. The van der Waals surface area contributed by atoms with Crippen LogP contribution in [0.5, 0.6) is 5.75 Å². The Balaban J connectivity index is 1.57. The van der Waals surface area contributed by atoms with Gasteiger partial charge in [0.15, 0.2) is 0 Å². The molecule has 2 heterocycles. The van der Waals surface area contributed by atoms with Crippen molar-refractivity contribution < 1.29 is 9.47 Å². The molecule has 8 heteroatoms. The van der Waals surface area contributed by atoms with E-state index in [1.165, 1.54) is 10.2 Å². The molecule has 1 aromatic heterocycles. The highest BCUT2D eigenvalue weighted by Crippen LogP contribution is 2.28. The van der Waals surface area contributed by atoms with Crippen LogP contribution in [0.4, 0.5) is 0 Å². The van der Waals surface area contributed by atoms with E-state index in [4.69, 9.17) is 15.3 Å². The van der Waals surface area contributed by atoms with Gasteiger partial charge in [-0.3, -0.25) is 4.90 Å². The Morgan fingerprint density at radius 3 is 2.77 bits per heavy atom. The highest BCUT2D eigenvalue weighted by molar-refractivity contribution is 7.98. The van der Waals surface area contributed by atoms with Crippen LogP contribution in [-0.4, -0.2) is 59.7 Å². The van der Waals surface area contributed by atoms with Gasteiger partial charge >= 0.3 is 0 Å². The summed E-state index contributed by atoms with van der Waals surface area (Å²) < 4.78 is 12.4. The number of nitrogen functional groups attached to an aromatic ring is 1. The Hall–Kier alpha value is -1.77. The zero-order valence-corrected chi connectivity index (χ0v) is 16.3. The van der Waals surface area contributed by atoms with E-state index in [1.807, 2.05) is 6.92 Å². The molecule has 1 aliphatic heterocycles. The maximum Gasteiger partial charge on any atom is 0.210 e. The topological polar surface area (TPSA) is 78.4 Å². The first-order valence-electron chi connectivity index (χ1n) is 8.93. The maximum absolute atomic E-state index is 5.93. The average molecular weight is 378 g/mol. The van der Waals surface area contributed by atoms with Crippen LogP contribution in [0.1, 0.15) is 23.4 Å². The van der Waals surface area contributed by atoms with Crippen molar-refractivity contribution in [3.05, 3.63) is 35.2 Å². The lowest BCUT2D eigenvalue weighted by Crippen LogP contribution is -2.36. The van der Waals surface area contributed by atoms with Gasteiger partial charge in [-0.15, -0.1) is 10.2 Å². The quantitative estimate of drug-likeness (QED) is 0.556. The number of rotatable bonds is 8. The van der Waals surface area contributed by atoms with E-state index in [2.05, 4.69) is 33.3 Å². The second-order valence-corrected chi connectivity index (χ2v) is 7.33. The molecule has 0 radical (unpaired) electrons. The first kappa shape index (κ1) is 19.0. The SMILES string of the molecule is COc1ccc(CCCN2CCOCC2)cc1CSc1nnc(C)n1N. The fourth-order valence-electron chi connectivity index (χ4n) is 3.02. The summed E-state index contributed by atoms with van der Waals surface area (Å²) in [7, 11) is 1.71. The van der Waals surface area contributed by atoms with Crippen LogP contribution in [0, 0.1) is 6.92 Å². The second-order valence-electron chi connectivity index (χ2n) is 6.39. The summed E-state index contributed by atoms with van der Waals surface area (Å²) in [5.41, 5.74) is 2.49. The molecule has 1 saturated heterocycles. The van der Waals surface area contributed by atoms with Crippen LogP contribution < -0.4 is 10.6 Å². The standard InChI is InChI=1S/C18H27N5O2S/c1-14-20-21-18(23(14)19)26-13-16-12-15(5-6-17(16)24-2)4-3-7-22-8-10-25-11-9-22/h5-6,12H,3-4,7-11,13,19H2,1-2H3. The van der Waals surface area contributed by atoms with Crippen molar-refractivity contribution in [3.63, 3.8) is 0 Å². The van der Waals surface area contributed by atoms with Gasteiger partial charge < -0.3 is 15.3 Å². The molecule has 0 unspecified atom stereocenters. The number of morpholine rings is 1. The molecule has 0 spiro atoms. The molecule has 0 amide bonds. The van der Waals surface area contributed by atoms with Gasteiger partial charge in [0.2, 0.25) is 5.16 Å². The number of nitrogens with zero attached hydrogens (tertiary/aromatic N) is 4. The van der Waals surface area contributed by atoms with Gasteiger partial charge in [-0.25, -0.2) is 4.68 Å². The maximum atomic E-state index is 5.93. The van der Waals surface area contributed by atoms with Crippen LogP contribution in [0.2, 0.25) is 0 Å². The number of nitrogens with two attached hydrogens (primary N) is 1. The second kappa shape index (κ2) is 9.25. The van der Waals surface area contributed by atoms with Crippen molar-refractivity contribution in [2.24, 2.45) is 0 Å². The third-order valence-electron chi connectivity index (χ3n) is 4.58. The first-order valence-corrected chi connectivity index (χ1v) is 9.91. The van der Waals surface area contributed by atoms with Gasteiger partial charge in [0, 0.05) is 24.4 Å². The molecule has 0 saturated carbocycles. The number of aryl methyl sites for hydroxylation is 2. The monoisotopic (exact) mass is 377 g/mol. The van der Waals surface area contributed by atoms with Crippen molar-refractivity contribution in [1.29, 1.82) is 0 Å². The zero-order valence-electron chi connectivity index (χ0n) is 15.5. The predicted octanol–water partition coefficient (Wildman–Crippen LogP) is 1.87. The lowest BCUT2D eigenvalue weighted by Gasteiger charge is -2.26. The summed E-state index contributed by atoms with van der Waals surface area (Å²) in [6, 6.07) is 6.44. The molecule has 7 nitrogen and oxygen atoms in total. The van der Waals surface area contributed by atoms with Crippen LogP contribution in [0.25, 0.3) is 0 Å². The van der Waals surface area contributed by atoms with Crippen molar-refractivity contribution in [3.8, 4) is 5.75 Å². The van der Waals surface area contributed by atoms with Crippen LogP contribution in [0.15, 0.2) is 23.4 Å². The molecule has 0 atom stereocenters. The van der Waals surface area contributed by atoms with Crippen molar-refractivity contribution in [2.45, 2.75) is 30.7 Å². The third kappa shape index (κ3) is 4.90. The molecule has 0 aliphatic carbocycles. The molecule has 3 rings (SSSR count). The zero-order chi connectivity index (χ0) is 18.4. The van der Waals surface area contributed by atoms with Gasteiger partial charge in [0.05, 0.1) is 20.3 Å². The minimum atomic E-state index is 0.705. The van der Waals surface area contributed by atoms with E-state index in [1.54, 1.807) is 18.9 Å². The van der Waals surface area contributed by atoms with Crippen molar-refractivity contribution in [1.82, 2.24) is 19.8 Å². The Morgan fingerprint density at radius 2 is 2.08 bits per heavy atom. The molecular weight excluding hydrogens is 350 g/mol. The van der Waals surface area contributed by atoms with E-state index in [0.29, 0.717) is 11.0 Å². The molecule has 1 fully saturated rings. The third-order valence-corrected chi connectivity index (χ3v) is 5.57. The Kier molecular flexibility index (Phi) is 6.76. The Bertz CT molecular complexity index is 716. The summed E-state index contributed by atoms with van der Waals surface area (Å²) in [5.74, 6) is 8.28. The molecule has 26 heavy (non-hydrogen) atoms. The molecule has 2 aromatic rings. The summed E-state index contributed by atoms with van der Waals surface area (Å²) in [4.78, 5) is 2.47. The molecule has 2 N–H and O–H groups in total. The van der Waals surface area contributed by atoms with E-state index in [-0.39, 0.29) is 0 Å². The molecule has 1 aliphatic rings. The van der Waals surface area contributed by atoms with E-state index in [0.717, 1.165) is 62.8 Å². The number of hydrogen-bond donors (Lipinski definition) is 1. The van der Waals surface area contributed by atoms with Gasteiger partial charge in [0.1, 0.15) is 11.6 Å². The van der Waals surface area contributed by atoms with Gasteiger partial charge in [0.25, 0.3) is 0 Å². The minimum absolute atomic E-state index is 0.705. The first-order chi connectivity index (χ1) is 12.7. The number of methoxy groups -OCH3 is 1. The predicted molar refractivity (Wildman–Crippen MR) is 103 cm³/mol. The van der Waals surface area contributed by atoms with Crippen LogP contribution in [-0.2, 0) is 16.9 Å². The molecule has 1 aromatic carbocycles. The lowest BCUT2D eigenvalue weighted by molar-refractivity contribution is 0.0374. The highest BCUT2D eigenvalue weighted by atomic mass is 32.2. The number of aromatic nitrogens is 3. The number of thioether (sulfide) groups is 1. The van der Waals surface area contributed by atoms with Crippen LogP contribution in [0.3, 0.4) is 0 Å². The summed E-state index contributed by atoms with van der Waals surface area (Å²) in [6.45, 7) is 6.76. The summed E-state index contributed by atoms with van der Waals surface area (Å²) in [6.07, 6.45) is 2.21. The fourth-order valence-corrected chi connectivity index (χ4v) is 3.90. The Morgan fingerprint density at radius 1 is 1.27 bits per heavy atom. The van der Waals surface area contributed by atoms with Crippen molar-refractivity contribution >= 4 is 11.8 Å². The van der Waals surface area contributed by atoms with Gasteiger partial charge in [-0.2, -0.15) is 0 Å². The average Bonchev–Trinajstić information content (AvgIpc) is 2.99.